The van der Waals surface area contributed by atoms with Crippen molar-refractivity contribution in [2.45, 2.75) is 24.8 Å². The number of thioether (sulfide) groups is 1. The van der Waals surface area contributed by atoms with Gasteiger partial charge in [-0.25, -0.2) is 0 Å². The number of carbonyl (C=O) groups is 1. The van der Waals surface area contributed by atoms with Crippen LogP contribution in [0.5, 0.6) is 0 Å². The van der Waals surface area contributed by atoms with Gasteiger partial charge in [-0.05, 0) is 18.1 Å². The molecule has 1 aromatic carbocycles. The molecule has 0 saturated carbocycles. The largest absolute Gasteiger partial charge is 0.320 e. The summed E-state index contributed by atoms with van der Waals surface area (Å²) in [4.78, 5) is 15.3. The Morgan fingerprint density at radius 1 is 1.41 bits per heavy atom. The van der Waals surface area contributed by atoms with Gasteiger partial charge in [0.2, 0.25) is 5.91 Å². The van der Waals surface area contributed by atoms with Gasteiger partial charge in [0.15, 0.2) is 0 Å². The SMILES string of the molecule is CC(C)[C@@H](N)C(=O)N1CCSc2ccccc21. The number of rotatable bonds is 2. The van der Waals surface area contributed by atoms with Crippen LogP contribution in [0.1, 0.15) is 13.8 Å². The first-order valence-electron chi connectivity index (χ1n) is 5.90. The Hall–Kier alpha value is -1.00. The Balaban J connectivity index is 2.27. The zero-order chi connectivity index (χ0) is 12.4. The molecule has 0 bridgehead atoms. The first kappa shape index (κ1) is 12.5. The minimum Gasteiger partial charge on any atom is -0.320 e. The van der Waals surface area contributed by atoms with E-state index < -0.39 is 6.04 Å². The van der Waals surface area contributed by atoms with E-state index in [1.54, 1.807) is 11.8 Å². The average Bonchev–Trinajstić information content (AvgIpc) is 2.36. The summed E-state index contributed by atoms with van der Waals surface area (Å²) in [5.74, 6) is 1.14. The zero-order valence-corrected chi connectivity index (χ0v) is 11.0. The summed E-state index contributed by atoms with van der Waals surface area (Å²) >= 11 is 1.80. The van der Waals surface area contributed by atoms with Crippen LogP contribution in [0.25, 0.3) is 0 Å². The van der Waals surface area contributed by atoms with Crippen LogP contribution in [0, 0.1) is 5.92 Å². The van der Waals surface area contributed by atoms with Gasteiger partial charge in [0.25, 0.3) is 0 Å². The number of hydrogen-bond donors (Lipinski definition) is 1. The van der Waals surface area contributed by atoms with E-state index in [-0.39, 0.29) is 11.8 Å². The van der Waals surface area contributed by atoms with E-state index >= 15 is 0 Å². The topological polar surface area (TPSA) is 46.3 Å². The van der Waals surface area contributed by atoms with Crippen LogP contribution in [0.2, 0.25) is 0 Å². The molecular weight excluding hydrogens is 232 g/mol. The molecule has 0 fully saturated rings. The lowest BCUT2D eigenvalue weighted by Gasteiger charge is -2.31. The first-order chi connectivity index (χ1) is 8.11. The van der Waals surface area contributed by atoms with Crippen molar-refractivity contribution in [2.24, 2.45) is 11.7 Å². The number of hydrogen-bond acceptors (Lipinski definition) is 3. The standard InChI is InChI=1S/C13H18N2OS/c1-9(2)12(14)13(16)15-7-8-17-11-6-4-3-5-10(11)15/h3-6,9,12H,7-8,14H2,1-2H3/t12-/m1/s1. The predicted molar refractivity (Wildman–Crippen MR) is 72.3 cm³/mol. The van der Waals surface area contributed by atoms with Crippen molar-refractivity contribution in [2.75, 3.05) is 17.2 Å². The molecular formula is C13H18N2OS. The van der Waals surface area contributed by atoms with E-state index in [0.717, 1.165) is 18.0 Å². The normalized spacial score (nSPS) is 16.8. The molecule has 0 aliphatic carbocycles. The van der Waals surface area contributed by atoms with Crippen LogP contribution in [0.3, 0.4) is 0 Å². The highest BCUT2D eigenvalue weighted by molar-refractivity contribution is 7.99. The molecule has 1 heterocycles. The van der Waals surface area contributed by atoms with E-state index in [2.05, 4.69) is 6.07 Å². The van der Waals surface area contributed by atoms with Gasteiger partial charge < -0.3 is 10.6 Å². The fourth-order valence-corrected chi connectivity index (χ4v) is 2.86. The first-order valence-corrected chi connectivity index (χ1v) is 6.88. The molecule has 1 aromatic rings. The molecule has 2 rings (SSSR count). The molecule has 1 atom stereocenters. The second-order valence-electron chi connectivity index (χ2n) is 4.58. The molecule has 0 radical (unpaired) electrons. The van der Waals surface area contributed by atoms with Gasteiger partial charge in [-0.1, -0.05) is 26.0 Å². The van der Waals surface area contributed by atoms with Crippen LogP contribution in [-0.4, -0.2) is 24.2 Å². The highest BCUT2D eigenvalue weighted by Crippen LogP contribution is 2.34. The fourth-order valence-electron chi connectivity index (χ4n) is 1.86. The summed E-state index contributed by atoms with van der Waals surface area (Å²) in [6, 6.07) is 7.60. The smallest absolute Gasteiger partial charge is 0.244 e. The van der Waals surface area contributed by atoms with Crippen LogP contribution in [0.15, 0.2) is 29.2 Å². The summed E-state index contributed by atoms with van der Waals surface area (Å²) in [6.07, 6.45) is 0. The quantitative estimate of drug-likeness (QED) is 0.874. The van der Waals surface area contributed by atoms with Gasteiger partial charge in [0, 0.05) is 17.2 Å². The highest BCUT2D eigenvalue weighted by Gasteiger charge is 2.28. The van der Waals surface area contributed by atoms with E-state index in [9.17, 15) is 4.79 Å². The average molecular weight is 250 g/mol. The molecule has 17 heavy (non-hydrogen) atoms. The number of amides is 1. The maximum absolute atomic E-state index is 12.3. The van der Waals surface area contributed by atoms with Gasteiger partial charge in [0.05, 0.1) is 11.7 Å². The second kappa shape index (κ2) is 5.10. The van der Waals surface area contributed by atoms with Crippen molar-refractivity contribution in [3.63, 3.8) is 0 Å². The number of nitrogens with zero attached hydrogens (tertiary/aromatic N) is 1. The van der Waals surface area contributed by atoms with Crippen molar-refractivity contribution in [3.05, 3.63) is 24.3 Å². The Labute approximate surface area is 106 Å². The lowest BCUT2D eigenvalue weighted by Crippen LogP contribution is -2.48. The summed E-state index contributed by atoms with van der Waals surface area (Å²) in [7, 11) is 0. The number of nitrogens with two attached hydrogens (primary N) is 1. The summed E-state index contributed by atoms with van der Waals surface area (Å²) in [5.41, 5.74) is 6.95. The van der Waals surface area contributed by atoms with Crippen molar-refractivity contribution in [1.29, 1.82) is 0 Å². The molecule has 1 amide bonds. The van der Waals surface area contributed by atoms with Crippen LogP contribution in [0.4, 0.5) is 5.69 Å². The number of anilines is 1. The van der Waals surface area contributed by atoms with Gasteiger partial charge >= 0.3 is 0 Å². The third kappa shape index (κ3) is 2.48. The molecule has 0 aromatic heterocycles. The maximum atomic E-state index is 12.3. The molecule has 3 nitrogen and oxygen atoms in total. The van der Waals surface area contributed by atoms with Gasteiger partial charge in [-0.2, -0.15) is 0 Å². The highest BCUT2D eigenvalue weighted by atomic mass is 32.2. The number of benzene rings is 1. The van der Waals surface area contributed by atoms with Crippen molar-refractivity contribution in [1.82, 2.24) is 0 Å². The molecule has 0 spiro atoms. The Kier molecular flexibility index (Phi) is 3.74. The second-order valence-corrected chi connectivity index (χ2v) is 5.71. The van der Waals surface area contributed by atoms with Crippen LogP contribution in [-0.2, 0) is 4.79 Å². The summed E-state index contributed by atoms with van der Waals surface area (Å²) in [5, 5.41) is 0. The zero-order valence-electron chi connectivity index (χ0n) is 10.2. The third-order valence-electron chi connectivity index (χ3n) is 3.00. The molecule has 0 saturated heterocycles. The molecule has 2 N–H and O–H groups in total. The van der Waals surface area contributed by atoms with E-state index in [1.165, 1.54) is 4.90 Å². The Morgan fingerprint density at radius 2 is 2.12 bits per heavy atom. The predicted octanol–water partition coefficient (Wildman–Crippen LogP) is 2.11. The van der Waals surface area contributed by atoms with Crippen LogP contribution >= 0.6 is 11.8 Å². The minimum atomic E-state index is -0.411. The van der Waals surface area contributed by atoms with E-state index in [1.807, 2.05) is 36.9 Å². The third-order valence-corrected chi connectivity index (χ3v) is 4.04. The fraction of sp³-hybridized carbons (Fsp3) is 0.462. The summed E-state index contributed by atoms with van der Waals surface area (Å²) < 4.78 is 0. The lowest BCUT2D eigenvalue weighted by molar-refractivity contribution is -0.120. The Morgan fingerprint density at radius 3 is 2.82 bits per heavy atom. The molecule has 92 valence electrons. The Bertz CT molecular complexity index is 420. The van der Waals surface area contributed by atoms with Gasteiger partial charge in [-0.3, -0.25) is 4.79 Å². The minimum absolute atomic E-state index is 0.0350. The van der Waals surface area contributed by atoms with Crippen molar-refractivity contribution < 1.29 is 4.79 Å². The van der Waals surface area contributed by atoms with Gasteiger partial charge in [0.1, 0.15) is 0 Å². The van der Waals surface area contributed by atoms with Crippen molar-refractivity contribution in [3.8, 4) is 0 Å². The number of carbonyl (C=O) groups excluding carboxylic acids is 1. The molecule has 4 heteroatoms. The van der Waals surface area contributed by atoms with Crippen molar-refractivity contribution >= 4 is 23.4 Å². The number of fused-ring (bicyclic) bond motifs is 1. The van der Waals surface area contributed by atoms with Crippen LogP contribution < -0.4 is 10.6 Å². The maximum Gasteiger partial charge on any atom is 0.244 e. The lowest BCUT2D eigenvalue weighted by atomic mass is 10.0. The van der Waals surface area contributed by atoms with E-state index in [4.69, 9.17) is 5.73 Å². The number of para-hydroxylation sites is 1. The molecule has 0 unspecified atom stereocenters. The van der Waals surface area contributed by atoms with E-state index in [0.29, 0.717) is 0 Å². The molecule has 1 aliphatic heterocycles. The monoisotopic (exact) mass is 250 g/mol. The molecule has 1 aliphatic rings. The van der Waals surface area contributed by atoms with Gasteiger partial charge in [-0.15, -0.1) is 11.8 Å². The summed E-state index contributed by atoms with van der Waals surface area (Å²) in [6.45, 7) is 4.71.